The van der Waals surface area contributed by atoms with Crippen LogP contribution in [0.2, 0.25) is 0 Å². The smallest absolute Gasteiger partial charge is 0.266 e. The molecule has 0 aromatic heterocycles. The summed E-state index contributed by atoms with van der Waals surface area (Å²) in [6, 6.07) is 0. The van der Waals surface area contributed by atoms with Crippen LogP contribution in [0.15, 0.2) is 9.98 Å². The van der Waals surface area contributed by atoms with Gasteiger partial charge in [0.1, 0.15) is 6.34 Å². The lowest BCUT2D eigenvalue weighted by Crippen LogP contribution is -1.84. The van der Waals surface area contributed by atoms with Crippen molar-refractivity contribution in [1.82, 2.24) is 0 Å². The molecule has 3 nitrogen and oxygen atoms in total. The normalized spacial score (nSPS) is 12.8. The molecule has 0 saturated carbocycles. The maximum absolute atomic E-state index is 9.90. The number of hydrogen-bond donors (Lipinski definition) is 0. The minimum Gasteiger partial charge on any atom is -0.266 e. The Balaban J connectivity index is 0. The molecule has 1 aliphatic heterocycles. The molecule has 0 aliphatic carbocycles. The molecular weight excluding hydrogens is 151 g/mol. The van der Waals surface area contributed by atoms with Crippen molar-refractivity contribution in [3.63, 3.8) is 0 Å². The maximum atomic E-state index is 9.90. The molecule has 0 saturated heterocycles. The van der Waals surface area contributed by atoms with E-state index in [2.05, 4.69) is 9.98 Å². The third-order valence-corrected chi connectivity index (χ3v) is 0.437. The standard InChI is InChI=1S/C3H2N2O.2ClH/c6-3-1-4-2-5-3;;/h1-2H;2*1H. The lowest BCUT2D eigenvalue weighted by molar-refractivity contribution is -0.111. The monoisotopic (exact) mass is 154 g/mol. The number of amides is 1. The van der Waals surface area contributed by atoms with E-state index >= 15 is 0 Å². The average Bonchev–Trinajstić information content (AvgIpc) is 1.86. The lowest BCUT2D eigenvalue weighted by atomic mass is 10.7. The van der Waals surface area contributed by atoms with Gasteiger partial charge in [-0.1, -0.05) is 0 Å². The largest absolute Gasteiger partial charge is 0.289 e. The molecule has 0 unspecified atom stereocenters. The molecule has 0 spiro atoms. The van der Waals surface area contributed by atoms with Crippen LogP contribution < -0.4 is 0 Å². The van der Waals surface area contributed by atoms with E-state index in [-0.39, 0.29) is 30.7 Å². The van der Waals surface area contributed by atoms with Crippen molar-refractivity contribution in [2.45, 2.75) is 0 Å². The molecule has 0 aromatic rings. The maximum Gasteiger partial charge on any atom is 0.289 e. The minimum absolute atomic E-state index is 0. The van der Waals surface area contributed by atoms with Gasteiger partial charge in [0, 0.05) is 0 Å². The topological polar surface area (TPSA) is 41.8 Å². The van der Waals surface area contributed by atoms with Crippen molar-refractivity contribution in [1.29, 1.82) is 0 Å². The van der Waals surface area contributed by atoms with Crippen LogP contribution in [0.1, 0.15) is 0 Å². The third kappa shape index (κ3) is 2.71. The van der Waals surface area contributed by atoms with Crippen LogP contribution in [0.5, 0.6) is 0 Å². The highest BCUT2D eigenvalue weighted by atomic mass is 35.5. The Morgan fingerprint density at radius 1 is 1.38 bits per heavy atom. The molecule has 0 fully saturated rings. The van der Waals surface area contributed by atoms with Gasteiger partial charge < -0.3 is 0 Å². The Kier molecular flexibility index (Phi) is 6.25. The van der Waals surface area contributed by atoms with Crippen molar-refractivity contribution in [2.75, 3.05) is 0 Å². The molecule has 8 heavy (non-hydrogen) atoms. The van der Waals surface area contributed by atoms with Crippen molar-refractivity contribution in [3.8, 4) is 0 Å². The van der Waals surface area contributed by atoms with Crippen LogP contribution in [0.3, 0.4) is 0 Å². The number of rotatable bonds is 0. The van der Waals surface area contributed by atoms with Crippen molar-refractivity contribution >= 4 is 43.3 Å². The molecule has 46 valence electrons. The first-order chi connectivity index (χ1) is 2.89. The summed E-state index contributed by atoms with van der Waals surface area (Å²) in [7, 11) is 0. The van der Waals surface area contributed by atoms with Crippen LogP contribution in [0.25, 0.3) is 0 Å². The second kappa shape index (κ2) is 4.74. The van der Waals surface area contributed by atoms with E-state index in [1.807, 2.05) is 0 Å². The fourth-order valence-corrected chi connectivity index (χ4v) is 0.221. The van der Waals surface area contributed by atoms with E-state index in [1.54, 1.807) is 0 Å². The zero-order valence-electron chi connectivity index (χ0n) is 3.77. The molecule has 0 bridgehead atoms. The third-order valence-electron chi connectivity index (χ3n) is 0.437. The summed E-state index contributed by atoms with van der Waals surface area (Å²) < 4.78 is 0. The van der Waals surface area contributed by atoms with Crippen molar-refractivity contribution < 1.29 is 4.79 Å². The quantitative estimate of drug-likeness (QED) is 0.501. The van der Waals surface area contributed by atoms with Crippen molar-refractivity contribution in [3.05, 3.63) is 0 Å². The molecule has 1 aliphatic rings. The van der Waals surface area contributed by atoms with E-state index in [0.717, 1.165) is 0 Å². The summed E-state index contributed by atoms with van der Waals surface area (Å²) in [6.45, 7) is 0. The van der Waals surface area contributed by atoms with Gasteiger partial charge in [0.15, 0.2) is 0 Å². The first-order valence-electron chi connectivity index (χ1n) is 1.49. The summed E-state index contributed by atoms with van der Waals surface area (Å²) in [5.74, 6) is -0.269. The van der Waals surface area contributed by atoms with E-state index in [9.17, 15) is 4.79 Å². The van der Waals surface area contributed by atoms with Gasteiger partial charge in [-0.3, -0.25) is 4.79 Å². The van der Waals surface area contributed by atoms with Gasteiger partial charge in [-0.05, 0) is 0 Å². The fraction of sp³-hybridized carbons (Fsp3) is 0. The zero-order chi connectivity index (χ0) is 4.41. The first kappa shape index (κ1) is 10.5. The van der Waals surface area contributed by atoms with Gasteiger partial charge in [-0.25, -0.2) is 4.99 Å². The van der Waals surface area contributed by atoms with Gasteiger partial charge in [-0.15, -0.1) is 24.8 Å². The Hall–Kier alpha value is -0.410. The first-order valence-corrected chi connectivity index (χ1v) is 1.49. The van der Waals surface area contributed by atoms with Gasteiger partial charge in [0.2, 0.25) is 0 Å². The predicted molar refractivity (Wildman–Crippen MR) is 36.5 cm³/mol. The number of aliphatic imine (C=N–C) groups is 2. The SMILES string of the molecule is Cl.Cl.O=C1C=NC=N1. The van der Waals surface area contributed by atoms with Crippen LogP contribution in [-0.4, -0.2) is 18.5 Å². The highest BCUT2D eigenvalue weighted by Gasteiger charge is 1.91. The van der Waals surface area contributed by atoms with E-state index < -0.39 is 0 Å². The second-order valence-electron chi connectivity index (χ2n) is 0.861. The fourth-order valence-electron chi connectivity index (χ4n) is 0.221. The second-order valence-corrected chi connectivity index (χ2v) is 0.861. The molecule has 0 aromatic carbocycles. The highest BCUT2D eigenvalue weighted by molar-refractivity contribution is 6.32. The summed E-state index contributed by atoms with van der Waals surface area (Å²) in [5, 5.41) is 0. The zero-order valence-corrected chi connectivity index (χ0v) is 5.41. The Morgan fingerprint density at radius 3 is 2.12 bits per heavy atom. The predicted octanol–water partition coefficient (Wildman–Crippen LogP) is 0.469. The van der Waals surface area contributed by atoms with Gasteiger partial charge >= 0.3 is 0 Å². The number of hydrogen-bond acceptors (Lipinski definition) is 2. The van der Waals surface area contributed by atoms with Gasteiger partial charge in [-0.2, -0.15) is 4.99 Å². The van der Waals surface area contributed by atoms with Crippen LogP contribution >= 0.6 is 24.8 Å². The number of carbonyl (C=O) groups excluding carboxylic acids is 1. The lowest BCUT2D eigenvalue weighted by Gasteiger charge is -1.59. The summed E-state index contributed by atoms with van der Waals surface area (Å²) in [5.41, 5.74) is 0. The molecule has 1 heterocycles. The highest BCUT2D eigenvalue weighted by Crippen LogP contribution is 1.75. The molecule has 0 radical (unpaired) electrons. The van der Waals surface area contributed by atoms with E-state index in [4.69, 9.17) is 0 Å². The van der Waals surface area contributed by atoms with Gasteiger partial charge in [0.05, 0.1) is 6.21 Å². The summed E-state index contributed by atoms with van der Waals surface area (Å²) in [4.78, 5) is 16.5. The van der Waals surface area contributed by atoms with Gasteiger partial charge in [0.25, 0.3) is 5.91 Å². The Bertz CT molecular complexity index is 117. The molecule has 1 rings (SSSR count). The Morgan fingerprint density at radius 2 is 2.00 bits per heavy atom. The van der Waals surface area contributed by atoms with E-state index in [0.29, 0.717) is 0 Å². The summed E-state index contributed by atoms with van der Waals surface area (Å²) in [6.07, 6.45) is 2.39. The Labute approximate surface area is 58.7 Å². The average molecular weight is 155 g/mol. The molecule has 0 atom stereocenters. The number of halogens is 2. The van der Waals surface area contributed by atoms with E-state index in [1.165, 1.54) is 12.6 Å². The number of carbonyl (C=O) groups is 1. The van der Waals surface area contributed by atoms with Crippen molar-refractivity contribution in [2.24, 2.45) is 9.98 Å². The molecule has 5 heteroatoms. The summed E-state index contributed by atoms with van der Waals surface area (Å²) >= 11 is 0. The minimum atomic E-state index is -0.269. The van der Waals surface area contributed by atoms with Crippen LogP contribution in [-0.2, 0) is 4.79 Å². The van der Waals surface area contributed by atoms with Crippen LogP contribution in [0, 0.1) is 0 Å². The molecular formula is C3H4Cl2N2O. The number of nitrogens with zero attached hydrogens (tertiary/aromatic N) is 2. The van der Waals surface area contributed by atoms with Crippen LogP contribution in [0.4, 0.5) is 0 Å². The molecule has 0 N–H and O–H groups in total. The molecule has 1 amide bonds.